The first-order valence-corrected chi connectivity index (χ1v) is 8.91. The van der Waals surface area contributed by atoms with E-state index in [4.69, 9.17) is 15.2 Å². The topological polar surface area (TPSA) is 98.5 Å². The van der Waals surface area contributed by atoms with E-state index in [1.165, 1.54) is 6.20 Å². The maximum Gasteiger partial charge on any atom is 0.252 e. The van der Waals surface area contributed by atoms with Crippen LogP contribution in [-0.4, -0.2) is 38.3 Å². The number of aryl methyl sites for hydroxylation is 1. The molecule has 0 bridgehead atoms. The van der Waals surface area contributed by atoms with Crippen LogP contribution in [0.2, 0.25) is 0 Å². The lowest BCUT2D eigenvalue weighted by Crippen LogP contribution is -2.14. The minimum Gasteiger partial charge on any atom is -0.495 e. The number of carbonyl (C=O) groups is 1. The summed E-state index contributed by atoms with van der Waals surface area (Å²) in [5.74, 6) is 0.0894. The molecule has 0 aliphatic rings. The van der Waals surface area contributed by atoms with Crippen molar-refractivity contribution < 1.29 is 14.3 Å². The Morgan fingerprint density at radius 3 is 2.64 bits per heavy atom. The molecule has 146 valence electrons. The van der Waals surface area contributed by atoms with Gasteiger partial charge in [-0.05, 0) is 30.7 Å². The normalized spacial score (nSPS) is 10.7. The molecule has 0 saturated heterocycles. The molecule has 7 nitrogen and oxygen atoms in total. The van der Waals surface area contributed by atoms with Crippen molar-refractivity contribution in [2.24, 2.45) is 5.73 Å². The fourth-order valence-corrected chi connectivity index (χ4v) is 2.98. The molecule has 0 spiro atoms. The van der Waals surface area contributed by atoms with Crippen molar-refractivity contribution in [1.29, 1.82) is 0 Å². The van der Waals surface area contributed by atoms with E-state index in [1.807, 2.05) is 43.3 Å². The highest BCUT2D eigenvalue weighted by molar-refractivity contribution is 6.08. The number of rotatable bonds is 8. The van der Waals surface area contributed by atoms with Gasteiger partial charge in [-0.2, -0.15) is 0 Å². The molecule has 3 rings (SSSR count). The third kappa shape index (κ3) is 3.99. The van der Waals surface area contributed by atoms with E-state index in [1.54, 1.807) is 14.2 Å². The molecular weight excluding hydrogens is 356 g/mol. The lowest BCUT2D eigenvalue weighted by molar-refractivity contribution is 0.100. The highest BCUT2D eigenvalue weighted by atomic mass is 16.5. The van der Waals surface area contributed by atoms with Crippen LogP contribution >= 0.6 is 0 Å². The second-order valence-electron chi connectivity index (χ2n) is 6.34. The zero-order chi connectivity index (χ0) is 20.1. The molecule has 4 N–H and O–H groups in total. The predicted octanol–water partition coefficient (Wildman–Crippen LogP) is 3.45. The van der Waals surface area contributed by atoms with E-state index >= 15 is 0 Å². The summed E-state index contributed by atoms with van der Waals surface area (Å²) in [5.41, 5.74) is 9.97. The van der Waals surface area contributed by atoms with E-state index < -0.39 is 5.91 Å². The Labute approximate surface area is 163 Å². The zero-order valence-electron chi connectivity index (χ0n) is 16.2. The number of nitrogens with two attached hydrogens (primary N) is 1. The van der Waals surface area contributed by atoms with Gasteiger partial charge in [0.05, 0.1) is 36.2 Å². The molecule has 3 aromatic rings. The van der Waals surface area contributed by atoms with E-state index in [0.29, 0.717) is 35.7 Å². The van der Waals surface area contributed by atoms with Crippen LogP contribution in [0.5, 0.6) is 5.75 Å². The maximum absolute atomic E-state index is 12.0. The zero-order valence-corrected chi connectivity index (χ0v) is 16.2. The monoisotopic (exact) mass is 380 g/mol. The number of anilines is 3. The minimum atomic E-state index is -0.549. The van der Waals surface area contributed by atoms with Crippen molar-refractivity contribution in [2.45, 2.75) is 6.92 Å². The van der Waals surface area contributed by atoms with Gasteiger partial charge in [0.25, 0.3) is 5.91 Å². The quantitative estimate of drug-likeness (QED) is 0.518. The van der Waals surface area contributed by atoms with Gasteiger partial charge in [0, 0.05) is 30.9 Å². The molecular formula is C21H24N4O3. The second-order valence-corrected chi connectivity index (χ2v) is 6.34. The lowest BCUT2D eigenvalue weighted by atomic mass is 10.1. The fraction of sp³-hybridized carbons (Fsp3) is 0.238. The van der Waals surface area contributed by atoms with Crippen LogP contribution in [0.1, 0.15) is 15.9 Å². The van der Waals surface area contributed by atoms with Crippen molar-refractivity contribution >= 4 is 33.9 Å². The standard InChI is InChI=1S/C21H24N4O3/c1-13-6-4-5-7-16(13)25-20-14-10-19(28-3)18(23-8-9-27-2)11-17(14)24-12-15(20)21(22)26/h4-7,10-12,23H,8-9H2,1-3H3,(H2,22,26)(H,24,25). The van der Waals surface area contributed by atoms with Gasteiger partial charge in [-0.25, -0.2) is 0 Å². The molecule has 0 saturated carbocycles. The van der Waals surface area contributed by atoms with Gasteiger partial charge in [-0.1, -0.05) is 18.2 Å². The Hall–Kier alpha value is -3.32. The first kappa shape index (κ1) is 19.4. The number of hydrogen-bond acceptors (Lipinski definition) is 6. The summed E-state index contributed by atoms with van der Waals surface area (Å²) in [6, 6.07) is 11.6. The summed E-state index contributed by atoms with van der Waals surface area (Å²) in [7, 11) is 3.25. The van der Waals surface area contributed by atoms with Gasteiger partial charge in [-0.15, -0.1) is 0 Å². The van der Waals surface area contributed by atoms with E-state index in [9.17, 15) is 4.79 Å². The van der Waals surface area contributed by atoms with Gasteiger partial charge >= 0.3 is 0 Å². The van der Waals surface area contributed by atoms with Crippen molar-refractivity contribution in [3.8, 4) is 5.75 Å². The first-order valence-electron chi connectivity index (χ1n) is 8.91. The summed E-state index contributed by atoms with van der Waals surface area (Å²) in [6.45, 7) is 3.19. The summed E-state index contributed by atoms with van der Waals surface area (Å²) in [4.78, 5) is 16.4. The van der Waals surface area contributed by atoms with Crippen LogP contribution in [0, 0.1) is 6.92 Å². The molecule has 1 aromatic heterocycles. The molecule has 1 amide bonds. The Bertz CT molecular complexity index is 1000. The molecule has 0 fully saturated rings. The number of primary amides is 1. The van der Waals surface area contributed by atoms with E-state index in [-0.39, 0.29) is 0 Å². The highest BCUT2D eigenvalue weighted by Gasteiger charge is 2.17. The number of methoxy groups -OCH3 is 2. The number of benzene rings is 2. The fourth-order valence-electron chi connectivity index (χ4n) is 2.98. The van der Waals surface area contributed by atoms with E-state index in [0.717, 1.165) is 22.3 Å². The number of pyridine rings is 1. The number of nitrogens with one attached hydrogen (secondary N) is 2. The van der Waals surface area contributed by atoms with Gasteiger partial charge in [0.15, 0.2) is 0 Å². The molecule has 0 aliphatic carbocycles. The Morgan fingerprint density at radius 2 is 1.96 bits per heavy atom. The SMILES string of the molecule is COCCNc1cc2ncc(C(N)=O)c(Nc3ccccc3C)c2cc1OC. The van der Waals surface area contributed by atoms with Gasteiger partial charge in [-0.3, -0.25) is 9.78 Å². The number of aromatic nitrogens is 1. The molecule has 2 aromatic carbocycles. The number of para-hydroxylation sites is 1. The van der Waals surface area contributed by atoms with Crippen LogP contribution < -0.4 is 21.1 Å². The summed E-state index contributed by atoms with van der Waals surface area (Å²) >= 11 is 0. The number of amides is 1. The highest BCUT2D eigenvalue weighted by Crippen LogP contribution is 2.36. The lowest BCUT2D eigenvalue weighted by Gasteiger charge is -2.17. The van der Waals surface area contributed by atoms with Crippen LogP contribution in [0.25, 0.3) is 10.9 Å². The summed E-state index contributed by atoms with van der Waals surface area (Å²) < 4.78 is 10.6. The summed E-state index contributed by atoms with van der Waals surface area (Å²) in [5, 5.41) is 7.37. The number of ether oxygens (including phenoxy) is 2. The van der Waals surface area contributed by atoms with Gasteiger partial charge in [0.1, 0.15) is 5.75 Å². The molecule has 7 heteroatoms. The average molecular weight is 380 g/mol. The Balaban J connectivity index is 2.14. The molecule has 0 atom stereocenters. The van der Waals surface area contributed by atoms with Crippen LogP contribution in [0.15, 0.2) is 42.6 Å². The van der Waals surface area contributed by atoms with Crippen molar-refractivity contribution in [3.63, 3.8) is 0 Å². The van der Waals surface area contributed by atoms with Crippen LogP contribution in [0.3, 0.4) is 0 Å². The third-order valence-electron chi connectivity index (χ3n) is 4.48. The first-order chi connectivity index (χ1) is 13.5. The molecule has 0 unspecified atom stereocenters. The van der Waals surface area contributed by atoms with Crippen molar-refractivity contribution in [3.05, 3.63) is 53.7 Å². The predicted molar refractivity (Wildman–Crippen MR) is 112 cm³/mol. The maximum atomic E-state index is 12.0. The Kier molecular flexibility index (Phi) is 5.96. The Morgan fingerprint density at radius 1 is 1.18 bits per heavy atom. The average Bonchev–Trinajstić information content (AvgIpc) is 2.69. The van der Waals surface area contributed by atoms with Crippen molar-refractivity contribution in [1.82, 2.24) is 4.98 Å². The van der Waals surface area contributed by atoms with Crippen molar-refractivity contribution in [2.75, 3.05) is 38.0 Å². The molecule has 0 radical (unpaired) electrons. The van der Waals surface area contributed by atoms with Crippen LogP contribution in [0.4, 0.5) is 17.1 Å². The second kappa shape index (κ2) is 8.58. The number of hydrogen-bond donors (Lipinski definition) is 3. The number of nitrogens with zero attached hydrogens (tertiary/aromatic N) is 1. The van der Waals surface area contributed by atoms with E-state index in [2.05, 4.69) is 15.6 Å². The molecule has 0 aliphatic heterocycles. The minimum absolute atomic E-state index is 0.317. The third-order valence-corrected chi connectivity index (χ3v) is 4.48. The number of carbonyl (C=O) groups excluding carboxylic acids is 1. The molecule has 28 heavy (non-hydrogen) atoms. The van der Waals surface area contributed by atoms with Gasteiger partial charge < -0.3 is 25.8 Å². The van der Waals surface area contributed by atoms with Crippen LogP contribution in [-0.2, 0) is 4.74 Å². The smallest absolute Gasteiger partial charge is 0.252 e. The van der Waals surface area contributed by atoms with Gasteiger partial charge in [0.2, 0.25) is 0 Å². The number of fused-ring (bicyclic) bond motifs is 1. The molecule has 1 heterocycles. The largest absolute Gasteiger partial charge is 0.495 e. The summed E-state index contributed by atoms with van der Waals surface area (Å²) in [6.07, 6.45) is 1.50.